The number of aromatic nitrogens is 3. The Labute approximate surface area is 105 Å². The van der Waals surface area contributed by atoms with Crippen molar-refractivity contribution in [1.29, 1.82) is 0 Å². The van der Waals surface area contributed by atoms with Crippen molar-refractivity contribution in [3.8, 4) is 0 Å². The summed E-state index contributed by atoms with van der Waals surface area (Å²) in [5, 5.41) is 7.03. The summed E-state index contributed by atoms with van der Waals surface area (Å²) in [6, 6.07) is 0. The topological polar surface area (TPSA) is 105 Å². The third-order valence-electron chi connectivity index (χ3n) is 1.31. The molecule has 0 aromatic carbocycles. The van der Waals surface area contributed by atoms with Crippen LogP contribution in [0.25, 0.3) is 0 Å². The van der Waals surface area contributed by atoms with Crippen molar-refractivity contribution in [3.63, 3.8) is 0 Å². The molecule has 0 radical (unpaired) electrons. The van der Waals surface area contributed by atoms with Gasteiger partial charge in [-0.25, -0.2) is 9.71 Å². The SMILES string of the molecule is Cc1nnc(NS(=O)(=O)O)nc1C.[H-].[Na+]. The van der Waals surface area contributed by atoms with Crippen LogP contribution in [0.15, 0.2) is 0 Å². The van der Waals surface area contributed by atoms with Crippen LogP contribution in [0.4, 0.5) is 5.95 Å². The van der Waals surface area contributed by atoms with E-state index in [0.717, 1.165) is 0 Å². The van der Waals surface area contributed by atoms with E-state index in [-0.39, 0.29) is 36.9 Å². The minimum atomic E-state index is -4.32. The number of hydrogen-bond acceptors (Lipinski definition) is 5. The summed E-state index contributed by atoms with van der Waals surface area (Å²) in [6.07, 6.45) is 0. The second-order valence-electron chi connectivity index (χ2n) is 2.38. The van der Waals surface area contributed by atoms with Crippen molar-refractivity contribution < 1.29 is 44.0 Å². The van der Waals surface area contributed by atoms with Crippen LogP contribution < -0.4 is 34.3 Å². The molecule has 1 aromatic rings. The molecule has 74 valence electrons. The number of nitrogens with zero attached hydrogens (tertiary/aromatic N) is 3. The van der Waals surface area contributed by atoms with E-state index < -0.39 is 10.3 Å². The Balaban J connectivity index is 0. The first kappa shape index (κ1) is 13.7. The molecule has 0 saturated heterocycles. The van der Waals surface area contributed by atoms with Crippen LogP contribution in [-0.2, 0) is 10.3 Å². The fourth-order valence-corrected chi connectivity index (χ4v) is 0.933. The van der Waals surface area contributed by atoms with Gasteiger partial charge < -0.3 is 1.43 Å². The predicted molar refractivity (Wildman–Crippen MR) is 45.6 cm³/mol. The Bertz CT molecular complexity index is 426. The van der Waals surface area contributed by atoms with Gasteiger partial charge in [0.25, 0.3) is 5.95 Å². The molecule has 0 saturated carbocycles. The quantitative estimate of drug-likeness (QED) is 0.408. The minimum Gasteiger partial charge on any atom is -1.00 e. The molecule has 1 aromatic heterocycles. The van der Waals surface area contributed by atoms with Gasteiger partial charge in [0.15, 0.2) is 0 Å². The molecule has 7 nitrogen and oxygen atoms in total. The van der Waals surface area contributed by atoms with Crippen LogP contribution in [-0.4, -0.2) is 28.2 Å². The molecule has 0 bridgehead atoms. The Kier molecular flexibility index (Phi) is 4.89. The van der Waals surface area contributed by atoms with Crippen LogP contribution >= 0.6 is 0 Å². The molecule has 2 N–H and O–H groups in total. The van der Waals surface area contributed by atoms with Crippen molar-refractivity contribution in [2.75, 3.05) is 4.72 Å². The summed E-state index contributed by atoms with van der Waals surface area (Å²) in [6.45, 7) is 3.34. The Morgan fingerprint density at radius 3 is 2.29 bits per heavy atom. The smallest absolute Gasteiger partial charge is 1.00 e. The summed E-state index contributed by atoms with van der Waals surface area (Å²) in [7, 11) is -4.32. The van der Waals surface area contributed by atoms with Gasteiger partial charge in [0.1, 0.15) is 0 Å². The van der Waals surface area contributed by atoms with Gasteiger partial charge in [-0.05, 0) is 13.8 Å². The molecule has 1 rings (SSSR count). The Hall–Kier alpha value is -0.280. The van der Waals surface area contributed by atoms with Crippen molar-refractivity contribution in [1.82, 2.24) is 15.2 Å². The van der Waals surface area contributed by atoms with E-state index in [9.17, 15) is 8.42 Å². The molecule has 1 heterocycles. The second-order valence-corrected chi connectivity index (χ2v) is 3.54. The molecular formula is C5H9N4NaO3S. The van der Waals surface area contributed by atoms with Crippen molar-refractivity contribution >= 4 is 16.3 Å². The molecule has 0 atom stereocenters. The van der Waals surface area contributed by atoms with Gasteiger partial charge in [0.2, 0.25) is 0 Å². The van der Waals surface area contributed by atoms with E-state index in [1.165, 1.54) is 0 Å². The van der Waals surface area contributed by atoms with E-state index in [2.05, 4.69) is 15.2 Å². The van der Waals surface area contributed by atoms with Crippen molar-refractivity contribution in [2.45, 2.75) is 13.8 Å². The van der Waals surface area contributed by atoms with Crippen LogP contribution in [0.2, 0.25) is 0 Å². The third-order valence-corrected chi connectivity index (χ3v) is 1.75. The standard InChI is InChI=1S/C5H8N4O3S.Na.H/c1-3-4(2)7-8-5(6-3)9-13(10,11)12;;/h1-2H3,(H,6,8,9)(H,10,11,12);;/q;+1;-1. The largest absolute Gasteiger partial charge is 1.00 e. The molecule has 0 aliphatic heterocycles. The van der Waals surface area contributed by atoms with Crippen molar-refractivity contribution in [3.05, 3.63) is 11.4 Å². The molecular weight excluding hydrogens is 219 g/mol. The minimum absolute atomic E-state index is 0. The summed E-state index contributed by atoms with van der Waals surface area (Å²) in [5.74, 6) is -0.245. The zero-order valence-electron chi connectivity index (χ0n) is 9.01. The second kappa shape index (κ2) is 4.99. The maximum Gasteiger partial charge on any atom is 1.00 e. The van der Waals surface area contributed by atoms with E-state index in [1.54, 1.807) is 18.6 Å². The Morgan fingerprint density at radius 1 is 1.29 bits per heavy atom. The maximum atomic E-state index is 10.3. The van der Waals surface area contributed by atoms with Gasteiger partial charge >= 0.3 is 39.9 Å². The van der Waals surface area contributed by atoms with Gasteiger partial charge in [-0.1, -0.05) is 0 Å². The number of aryl methyl sites for hydroxylation is 2. The molecule has 0 aliphatic rings. The van der Waals surface area contributed by atoms with Crippen LogP contribution in [0, 0.1) is 13.8 Å². The monoisotopic (exact) mass is 228 g/mol. The van der Waals surface area contributed by atoms with Gasteiger partial charge in [0.05, 0.1) is 11.4 Å². The first-order valence-electron chi connectivity index (χ1n) is 3.31. The van der Waals surface area contributed by atoms with E-state index in [4.69, 9.17) is 4.55 Å². The van der Waals surface area contributed by atoms with Gasteiger partial charge in [-0.15, -0.1) is 5.10 Å². The number of nitrogens with one attached hydrogen (secondary N) is 1. The summed E-state index contributed by atoms with van der Waals surface area (Å²) in [5.41, 5.74) is 1.14. The van der Waals surface area contributed by atoms with E-state index in [1.807, 2.05) is 0 Å². The van der Waals surface area contributed by atoms with Crippen LogP contribution in [0.5, 0.6) is 0 Å². The normalized spacial score (nSPS) is 10.5. The predicted octanol–water partition coefficient (Wildman–Crippen LogP) is -3.18. The summed E-state index contributed by atoms with van der Waals surface area (Å²) in [4.78, 5) is 3.73. The third kappa shape index (κ3) is 4.29. The van der Waals surface area contributed by atoms with Crippen LogP contribution in [0.1, 0.15) is 12.8 Å². The molecule has 0 fully saturated rings. The average Bonchev–Trinajstić information content (AvgIpc) is 1.94. The first-order valence-corrected chi connectivity index (χ1v) is 4.75. The molecule has 9 heteroatoms. The molecule has 0 spiro atoms. The fraction of sp³-hybridized carbons (Fsp3) is 0.400. The molecule has 0 unspecified atom stereocenters. The molecule has 14 heavy (non-hydrogen) atoms. The zero-order chi connectivity index (χ0) is 10.1. The Morgan fingerprint density at radius 2 is 1.86 bits per heavy atom. The fourth-order valence-electron chi connectivity index (χ4n) is 0.615. The van der Waals surface area contributed by atoms with E-state index >= 15 is 0 Å². The summed E-state index contributed by atoms with van der Waals surface area (Å²) >= 11 is 0. The number of anilines is 1. The number of hydrogen-bond donors (Lipinski definition) is 2. The summed E-state index contributed by atoms with van der Waals surface area (Å²) < 4.78 is 30.7. The maximum absolute atomic E-state index is 10.3. The van der Waals surface area contributed by atoms with Gasteiger partial charge in [-0.2, -0.15) is 13.5 Å². The van der Waals surface area contributed by atoms with Gasteiger partial charge in [-0.3, -0.25) is 4.55 Å². The number of rotatable bonds is 2. The average molecular weight is 228 g/mol. The molecule has 0 amide bonds. The molecule has 0 aliphatic carbocycles. The zero-order valence-corrected chi connectivity index (χ0v) is 10.8. The first-order chi connectivity index (χ1) is 5.88. The van der Waals surface area contributed by atoms with Gasteiger partial charge in [0, 0.05) is 0 Å². The van der Waals surface area contributed by atoms with E-state index in [0.29, 0.717) is 11.4 Å². The van der Waals surface area contributed by atoms with Crippen LogP contribution in [0.3, 0.4) is 0 Å². The van der Waals surface area contributed by atoms with Crippen molar-refractivity contribution in [2.24, 2.45) is 0 Å².